The summed E-state index contributed by atoms with van der Waals surface area (Å²) in [7, 11) is 0. The Labute approximate surface area is 44.9 Å². The molecule has 0 N–H and O–H groups in total. The summed E-state index contributed by atoms with van der Waals surface area (Å²) in [5, 5.41) is 0. The van der Waals surface area contributed by atoms with E-state index in [-0.39, 0.29) is 4.83 Å². The molecule has 1 aliphatic carbocycles. The number of carbonyl (C=O) groups is 1. The van der Waals surface area contributed by atoms with Gasteiger partial charge in [0.25, 0.3) is 0 Å². The van der Waals surface area contributed by atoms with Crippen molar-refractivity contribution < 1.29 is 4.79 Å². The monoisotopic (exact) mass is 148 g/mol. The molecule has 0 spiro atoms. The quantitative estimate of drug-likeness (QED) is 0.471. The molecular weight excluding hydrogens is 144 g/mol. The first-order chi connectivity index (χ1) is 2.80. The summed E-state index contributed by atoms with van der Waals surface area (Å²) < 4.78 is 0. The van der Waals surface area contributed by atoms with Crippen molar-refractivity contribution in [1.29, 1.82) is 0 Å². The first-order valence-electron chi connectivity index (χ1n) is 1.97. The molecule has 0 aromatic carbocycles. The highest BCUT2D eigenvalue weighted by Gasteiger charge is 2.23. The minimum Gasteiger partial charge on any atom is -0.298 e. The van der Waals surface area contributed by atoms with E-state index in [9.17, 15) is 4.79 Å². The van der Waals surface area contributed by atoms with Gasteiger partial charge in [0, 0.05) is 6.42 Å². The summed E-state index contributed by atoms with van der Waals surface area (Å²) in [5.74, 6) is 0.356. The normalized spacial score (nSPS) is 32.8. The summed E-state index contributed by atoms with van der Waals surface area (Å²) in [4.78, 5) is 10.4. The molecule has 0 unspecified atom stereocenters. The average Bonchev–Trinajstić information content (AvgIpc) is 1.61. The molecule has 6 heavy (non-hydrogen) atoms. The lowest BCUT2D eigenvalue weighted by molar-refractivity contribution is -0.122. The molecule has 34 valence electrons. The average molecular weight is 149 g/mol. The van der Waals surface area contributed by atoms with Gasteiger partial charge in [0.15, 0.2) is 0 Å². The Morgan fingerprint density at radius 3 is 2.33 bits per heavy atom. The highest BCUT2D eigenvalue weighted by atomic mass is 79.9. The number of rotatable bonds is 0. The Hall–Kier alpha value is 0.150. The molecule has 0 amide bonds. The van der Waals surface area contributed by atoms with E-state index in [1.54, 1.807) is 0 Å². The third-order valence-electron chi connectivity index (χ3n) is 0.994. The van der Waals surface area contributed by atoms with Crippen LogP contribution in [0.2, 0.25) is 0 Å². The molecule has 1 saturated carbocycles. The summed E-state index contributed by atoms with van der Waals surface area (Å²) >= 11 is 3.18. The van der Waals surface area contributed by atoms with Gasteiger partial charge >= 0.3 is 0 Å². The number of alkyl halides is 1. The number of carbonyl (C=O) groups excluding carboxylic acids is 1. The van der Waals surface area contributed by atoms with Crippen molar-refractivity contribution in [3.8, 4) is 0 Å². The van der Waals surface area contributed by atoms with Crippen LogP contribution in [0, 0.1) is 0 Å². The second-order valence-electron chi connectivity index (χ2n) is 1.47. The topological polar surface area (TPSA) is 17.1 Å². The molecular formula is C4H5BrO. The Kier molecular flexibility index (Phi) is 0.960. The van der Waals surface area contributed by atoms with Crippen molar-refractivity contribution in [3.05, 3.63) is 0 Å². The first-order valence-corrected chi connectivity index (χ1v) is 2.89. The van der Waals surface area contributed by atoms with Gasteiger partial charge in [0.2, 0.25) is 0 Å². The third-order valence-corrected chi connectivity index (χ3v) is 1.96. The maximum Gasteiger partial charge on any atom is 0.146 e. The molecule has 0 radical (unpaired) electrons. The first kappa shape index (κ1) is 4.31. The van der Waals surface area contributed by atoms with Crippen molar-refractivity contribution >= 4 is 21.7 Å². The van der Waals surface area contributed by atoms with Crippen molar-refractivity contribution in [1.82, 2.24) is 0 Å². The summed E-state index contributed by atoms with van der Waals surface area (Å²) in [6.07, 6.45) is 1.83. The molecule has 0 aromatic heterocycles. The van der Waals surface area contributed by atoms with Gasteiger partial charge in [-0.3, -0.25) is 4.79 Å². The fourth-order valence-corrected chi connectivity index (χ4v) is 0.829. The van der Waals surface area contributed by atoms with E-state index < -0.39 is 0 Å². The molecule has 0 bridgehead atoms. The SMILES string of the molecule is O=C1CC[C@@H]1Br. The van der Waals surface area contributed by atoms with E-state index in [1.165, 1.54) is 0 Å². The predicted molar refractivity (Wildman–Crippen MR) is 27.0 cm³/mol. The zero-order chi connectivity index (χ0) is 4.57. The van der Waals surface area contributed by atoms with Gasteiger partial charge < -0.3 is 0 Å². The number of hydrogen-bond donors (Lipinski definition) is 0. The van der Waals surface area contributed by atoms with E-state index in [4.69, 9.17) is 0 Å². The van der Waals surface area contributed by atoms with Crippen LogP contribution in [-0.2, 0) is 4.79 Å². The molecule has 0 aliphatic heterocycles. The second-order valence-corrected chi connectivity index (χ2v) is 2.58. The molecule has 1 aliphatic rings. The maximum atomic E-state index is 10.2. The summed E-state index contributed by atoms with van der Waals surface area (Å²) in [6.45, 7) is 0. The molecule has 0 heterocycles. The lowest BCUT2D eigenvalue weighted by Gasteiger charge is -2.15. The molecule has 0 saturated heterocycles. The van der Waals surface area contributed by atoms with Gasteiger partial charge in [-0.25, -0.2) is 0 Å². The molecule has 1 fully saturated rings. The zero-order valence-electron chi connectivity index (χ0n) is 3.28. The van der Waals surface area contributed by atoms with Crippen LogP contribution in [-0.4, -0.2) is 10.6 Å². The minimum absolute atomic E-state index is 0.206. The third kappa shape index (κ3) is 0.492. The largest absolute Gasteiger partial charge is 0.298 e. The van der Waals surface area contributed by atoms with Crippen LogP contribution >= 0.6 is 15.9 Å². The van der Waals surface area contributed by atoms with Crippen LogP contribution in [0.25, 0.3) is 0 Å². The highest BCUT2D eigenvalue weighted by Crippen LogP contribution is 2.21. The smallest absolute Gasteiger partial charge is 0.146 e. The molecule has 1 atom stereocenters. The van der Waals surface area contributed by atoms with E-state index in [1.807, 2.05) is 0 Å². The van der Waals surface area contributed by atoms with Crippen molar-refractivity contribution in [3.63, 3.8) is 0 Å². The number of halogens is 1. The van der Waals surface area contributed by atoms with Crippen LogP contribution in [0.4, 0.5) is 0 Å². The fraction of sp³-hybridized carbons (Fsp3) is 0.750. The van der Waals surface area contributed by atoms with Crippen molar-refractivity contribution in [2.24, 2.45) is 0 Å². The van der Waals surface area contributed by atoms with Gasteiger partial charge in [-0.1, -0.05) is 15.9 Å². The molecule has 2 heteroatoms. The standard InChI is InChI=1S/C4H5BrO/c5-3-1-2-4(3)6/h3H,1-2H2/t3-/m0/s1. The number of Topliss-reactive ketones (excluding diaryl/α,β-unsaturated/α-hetero) is 1. The highest BCUT2D eigenvalue weighted by molar-refractivity contribution is 9.10. The molecule has 1 rings (SSSR count). The number of hydrogen-bond acceptors (Lipinski definition) is 1. The zero-order valence-corrected chi connectivity index (χ0v) is 4.86. The summed E-state index contributed by atoms with van der Waals surface area (Å²) in [5.41, 5.74) is 0. The van der Waals surface area contributed by atoms with Gasteiger partial charge in [0.1, 0.15) is 5.78 Å². The van der Waals surface area contributed by atoms with Crippen LogP contribution in [0.3, 0.4) is 0 Å². The Morgan fingerprint density at radius 1 is 1.83 bits per heavy atom. The number of ketones is 1. The lowest BCUT2D eigenvalue weighted by Crippen LogP contribution is -2.24. The van der Waals surface area contributed by atoms with Crippen LogP contribution in [0.1, 0.15) is 12.8 Å². The minimum atomic E-state index is 0.206. The van der Waals surface area contributed by atoms with Gasteiger partial charge in [-0.2, -0.15) is 0 Å². The lowest BCUT2D eigenvalue weighted by atomic mass is 9.99. The fourth-order valence-electron chi connectivity index (χ4n) is 0.371. The Balaban J connectivity index is 2.39. The van der Waals surface area contributed by atoms with E-state index in [0.717, 1.165) is 12.8 Å². The van der Waals surface area contributed by atoms with Gasteiger partial charge in [0.05, 0.1) is 4.83 Å². The second kappa shape index (κ2) is 1.34. The van der Waals surface area contributed by atoms with E-state index in [0.29, 0.717) is 5.78 Å². The summed E-state index contributed by atoms with van der Waals surface area (Å²) in [6, 6.07) is 0. The molecule has 0 aromatic rings. The van der Waals surface area contributed by atoms with E-state index in [2.05, 4.69) is 15.9 Å². The van der Waals surface area contributed by atoms with Gasteiger partial charge in [-0.05, 0) is 6.42 Å². The Bertz CT molecular complexity index is 79.6. The van der Waals surface area contributed by atoms with Crippen LogP contribution < -0.4 is 0 Å². The van der Waals surface area contributed by atoms with Gasteiger partial charge in [-0.15, -0.1) is 0 Å². The Morgan fingerprint density at radius 2 is 2.33 bits per heavy atom. The van der Waals surface area contributed by atoms with Crippen LogP contribution in [0.15, 0.2) is 0 Å². The maximum absolute atomic E-state index is 10.2. The molecule has 1 nitrogen and oxygen atoms in total. The van der Waals surface area contributed by atoms with E-state index >= 15 is 0 Å². The van der Waals surface area contributed by atoms with Crippen LogP contribution in [0.5, 0.6) is 0 Å². The predicted octanol–water partition coefficient (Wildman–Crippen LogP) is 1.11. The van der Waals surface area contributed by atoms with Crippen molar-refractivity contribution in [2.75, 3.05) is 0 Å². The van der Waals surface area contributed by atoms with Crippen molar-refractivity contribution in [2.45, 2.75) is 17.7 Å².